The molecule has 1 aromatic rings. The molecule has 1 rings (SSSR count). The SMILES string of the molecule is Nc1ccc(C(O)CO)cc1. The van der Waals surface area contributed by atoms with Crippen molar-refractivity contribution in [3.05, 3.63) is 29.8 Å². The van der Waals surface area contributed by atoms with Crippen molar-refractivity contribution in [1.29, 1.82) is 0 Å². The van der Waals surface area contributed by atoms with E-state index >= 15 is 0 Å². The molecule has 1 atom stereocenters. The van der Waals surface area contributed by atoms with Crippen molar-refractivity contribution in [2.24, 2.45) is 0 Å². The molecule has 0 aliphatic heterocycles. The van der Waals surface area contributed by atoms with E-state index in [4.69, 9.17) is 15.9 Å². The van der Waals surface area contributed by atoms with Gasteiger partial charge in [-0.15, -0.1) is 0 Å². The van der Waals surface area contributed by atoms with Crippen LogP contribution in [-0.4, -0.2) is 16.8 Å². The van der Waals surface area contributed by atoms with E-state index in [2.05, 4.69) is 0 Å². The predicted octanol–water partition coefficient (Wildman–Crippen LogP) is 0.295. The van der Waals surface area contributed by atoms with Crippen molar-refractivity contribution in [2.45, 2.75) is 6.10 Å². The summed E-state index contributed by atoms with van der Waals surface area (Å²) in [5.41, 5.74) is 6.76. The van der Waals surface area contributed by atoms with E-state index in [1.807, 2.05) is 0 Å². The molecule has 0 heterocycles. The lowest BCUT2D eigenvalue weighted by molar-refractivity contribution is 0.0956. The van der Waals surface area contributed by atoms with Crippen LogP contribution in [0.1, 0.15) is 11.7 Å². The van der Waals surface area contributed by atoms with E-state index in [9.17, 15) is 0 Å². The summed E-state index contributed by atoms with van der Waals surface area (Å²) in [6.07, 6.45) is -0.796. The molecule has 0 amide bonds. The zero-order valence-corrected chi connectivity index (χ0v) is 6.07. The number of rotatable bonds is 2. The Morgan fingerprint density at radius 3 is 2.27 bits per heavy atom. The van der Waals surface area contributed by atoms with Crippen LogP contribution in [0.3, 0.4) is 0 Å². The summed E-state index contributed by atoms with van der Waals surface area (Å²) in [6.45, 7) is -0.260. The van der Waals surface area contributed by atoms with Gasteiger partial charge in [-0.1, -0.05) is 12.1 Å². The maximum absolute atomic E-state index is 9.13. The van der Waals surface area contributed by atoms with E-state index in [-0.39, 0.29) is 6.61 Å². The predicted molar refractivity (Wildman–Crippen MR) is 42.9 cm³/mol. The molecule has 3 nitrogen and oxygen atoms in total. The molecule has 0 aliphatic carbocycles. The van der Waals surface area contributed by atoms with Gasteiger partial charge in [0.05, 0.1) is 6.61 Å². The van der Waals surface area contributed by atoms with Gasteiger partial charge in [-0.05, 0) is 17.7 Å². The topological polar surface area (TPSA) is 66.5 Å². The lowest BCUT2D eigenvalue weighted by Gasteiger charge is -2.06. The van der Waals surface area contributed by atoms with Crippen LogP contribution in [0.15, 0.2) is 24.3 Å². The molecule has 3 heteroatoms. The zero-order valence-electron chi connectivity index (χ0n) is 6.07. The number of benzene rings is 1. The lowest BCUT2D eigenvalue weighted by atomic mass is 10.1. The third-order valence-corrected chi connectivity index (χ3v) is 1.49. The van der Waals surface area contributed by atoms with Crippen molar-refractivity contribution in [2.75, 3.05) is 12.3 Å². The van der Waals surface area contributed by atoms with Gasteiger partial charge in [-0.25, -0.2) is 0 Å². The van der Waals surface area contributed by atoms with Gasteiger partial charge in [0.2, 0.25) is 0 Å². The lowest BCUT2D eigenvalue weighted by Crippen LogP contribution is -2.01. The summed E-state index contributed by atoms with van der Waals surface area (Å²) < 4.78 is 0. The number of hydrogen-bond donors (Lipinski definition) is 3. The van der Waals surface area contributed by atoms with Gasteiger partial charge in [0, 0.05) is 5.69 Å². The van der Waals surface area contributed by atoms with Crippen molar-refractivity contribution < 1.29 is 10.2 Å². The maximum Gasteiger partial charge on any atom is 0.102 e. The summed E-state index contributed by atoms with van der Waals surface area (Å²) in [5, 5.41) is 17.7. The van der Waals surface area contributed by atoms with Crippen LogP contribution in [0, 0.1) is 0 Å². The maximum atomic E-state index is 9.13. The molecule has 0 radical (unpaired) electrons. The molecular weight excluding hydrogens is 142 g/mol. The third-order valence-electron chi connectivity index (χ3n) is 1.49. The zero-order chi connectivity index (χ0) is 8.27. The number of nitrogen functional groups attached to an aromatic ring is 1. The quantitative estimate of drug-likeness (QED) is 0.535. The fourth-order valence-electron chi connectivity index (χ4n) is 0.824. The minimum atomic E-state index is -0.796. The largest absolute Gasteiger partial charge is 0.399 e. The molecule has 0 aromatic heterocycles. The van der Waals surface area contributed by atoms with Gasteiger partial charge >= 0.3 is 0 Å². The minimum absolute atomic E-state index is 0.260. The Hall–Kier alpha value is -1.06. The highest BCUT2D eigenvalue weighted by Crippen LogP contribution is 2.13. The molecule has 1 unspecified atom stereocenters. The monoisotopic (exact) mass is 153 g/mol. The van der Waals surface area contributed by atoms with Crippen molar-refractivity contribution in [1.82, 2.24) is 0 Å². The summed E-state index contributed by atoms with van der Waals surface area (Å²) in [6, 6.07) is 6.76. The first-order valence-electron chi connectivity index (χ1n) is 3.38. The number of aliphatic hydroxyl groups is 2. The second kappa shape index (κ2) is 3.37. The first-order valence-corrected chi connectivity index (χ1v) is 3.38. The average Bonchev–Trinajstić information content (AvgIpc) is 2.05. The van der Waals surface area contributed by atoms with Gasteiger partial charge in [0.1, 0.15) is 6.10 Å². The molecule has 1 aromatic carbocycles. The van der Waals surface area contributed by atoms with E-state index in [1.165, 1.54) is 0 Å². The molecule has 0 spiro atoms. The Morgan fingerprint density at radius 2 is 1.82 bits per heavy atom. The van der Waals surface area contributed by atoms with Crippen molar-refractivity contribution in [3.8, 4) is 0 Å². The molecule has 0 bridgehead atoms. The first kappa shape index (κ1) is 8.04. The van der Waals surface area contributed by atoms with E-state index < -0.39 is 6.10 Å². The summed E-state index contributed by atoms with van der Waals surface area (Å²) in [5.74, 6) is 0. The Kier molecular flexibility index (Phi) is 2.46. The van der Waals surface area contributed by atoms with Crippen LogP contribution in [0.4, 0.5) is 5.69 Å². The van der Waals surface area contributed by atoms with E-state index in [0.717, 1.165) is 0 Å². The number of aliphatic hydroxyl groups excluding tert-OH is 2. The molecule has 60 valence electrons. The van der Waals surface area contributed by atoms with Gasteiger partial charge in [-0.2, -0.15) is 0 Å². The normalized spacial score (nSPS) is 12.9. The second-order valence-corrected chi connectivity index (χ2v) is 2.37. The van der Waals surface area contributed by atoms with Gasteiger partial charge < -0.3 is 15.9 Å². The Bertz CT molecular complexity index is 220. The minimum Gasteiger partial charge on any atom is -0.399 e. The van der Waals surface area contributed by atoms with Crippen LogP contribution in [0.2, 0.25) is 0 Å². The fraction of sp³-hybridized carbons (Fsp3) is 0.250. The molecule has 0 aliphatic rings. The second-order valence-electron chi connectivity index (χ2n) is 2.37. The fourth-order valence-corrected chi connectivity index (χ4v) is 0.824. The Balaban J connectivity index is 2.81. The molecule has 4 N–H and O–H groups in total. The number of hydrogen-bond acceptors (Lipinski definition) is 3. The van der Waals surface area contributed by atoms with Crippen LogP contribution < -0.4 is 5.73 Å². The van der Waals surface area contributed by atoms with Crippen molar-refractivity contribution >= 4 is 5.69 Å². The molecule has 0 saturated heterocycles. The van der Waals surface area contributed by atoms with Crippen LogP contribution in [0.5, 0.6) is 0 Å². The highest BCUT2D eigenvalue weighted by atomic mass is 16.3. The van der Waals surface area contributed by atoms with E-state index in [0.29, 0.717) is 11.3 Å². The van der Waals surface area contributed by atoms with E-state index in [1.54, 1.807) is 24.3 Å². The van der Waals surface area contributed by atoms with Crippen LogP contribution in [-0.2, 0) is 0 Å². The Labute approximate surface area is 65.1 Å². The van der Waals surface area contributed by atoms with Gasteiger partial charge in [-0.3, -0.25) is 0 Å². The van der Waals surface area contributed by atoms with Crippen LogP contribution >= 0.6 is 0 Å². The van der Waals surface area contributed by atoms with Crippen molar-refractivity contribution in [3.63, 3.8) is 0 Å². The molecule has 0 saturated carbocycles. The highest BCUT2D eigenvalue weighted by molar-refractivity contribution is 5.39. The summed E-state index contributed by atoms with van der Waals surface area (Å²) >= 11 is 0. The molecule has 0 fully saturated rings. The van der Waals surface area contributed by atoms with Gasteiger partial charge in [0.25, 0.3) is 0 Å². The summed E-state index contributed by atoms with van der Waals surface area (Å²) in [7, 11) is 0. The Morgan fingerprint density at radius 1 is 1.27 bits per heavy atom. The molecule has 11 heavy (non-hydrogen) atoms. The third kappa shape index (κ3) is 1.93. The van der Waals surface area contributed by atoms with Gasteiger partial charge in [0.15, 0.2) is 0 Å². The average molecular weight is 153 g/mol. The standard InChI is InChI=1S/C8H11NO2/c9-7-3-1-6(2-4-7)8(11)5-10/h1-4,8,10-11H,5,9H2. The van der Waals surface area contributed by atoms with Crippen LogP contribution in [0.25, 0.3) is 0 Å². The summed E-state index contributed by atoms with van der Waals surface area (Å²) in [4.78, 5) is 0. The molecular formula is C8H11NO2. The number of nitrogens with two attached hydrogens (primary N) is 1. The first-order chi connectivity index (χ1) is 5.24. The highest BCUT2D eigenvalue weighted by Gasteiger charge is 2.03. The number of anilines is 1. The smallest absolute Gasteiger partial charge is 0.102 e.